The molecule has 1 aromatic heterocycles. The molecule has 3 aromatic rings. The number of likely N-dealkylation sites (tertiary alicyclic amines) is 1. The van der Waals surface area contributed by atoms with E-state index in [1.807, 2.05) is 54.3 Å². The molecule has 0 aliphatic carbocycles. The molecular weight excluding hydrogens is 350 g/mol. The molecule has 1 aliphatic heterocycles. The lowest BCUT2D eigenvalue weighted by molar-refractivity contribution is 0.182. The van der Waals surface area contributed by atoms with Crippen molar-refractivity contribution in [1.29, 1.82) is 0 Å². The molecule has 0 bridgehead atoms. The third-order valence-electron chi connectivity index (χ3n) is 5.30. The van der Waals surface area contributed by atoms with E-state index in [4.69, 9.17) is 0 Å². The summed E-state index contributed by atoms with van der Waals surface area (Å²) in [5.74, 6) is 1.49. The molecule has 1 saturated heterocycles. The Morgan fingerprint density at radius 1 is 1.11 bits per heavy atom. The van der Waals surface area contributed by atoms with Crippen LogP contribution in [0.15, 0.2) is 60.9 Å². The zero-order chi connectivity index (χ0) is 19.3. The molecule has 6 heteroatoms. The topological polar surface area (TPSA) is 63.1 Å². The van der Waals surface area contributed by atoms with Gasteiger partial charge in [-0.1, -0.05) is 30.3 Å². The van der Waals surface area contributed by atoms with Crippen LogP contribution in [0.5, 0.6) is 0 Å². The number of carbonyl (C=O) groups excluding carboxylic acids is 1. The van der Waals surface area contributed by atoms with Gasteiger partial charge in [-0.15, -0.1) is 10.2 Å². The van der Waals surface area contributed by atoms with E-state index in [1.165, 1.54) is 0 Å². The molecule has 2 heterocycles. The summed E-state index contributed by atoms with van der Waals surface area (Å²) in [4.78, 5) is 14.4. The summed E-state index contributed by atoms with van der Waals surface area (Å²) < 4.78 is 2.05. The molecule has 1 aliphatic rings. The van der Waals surface area contributed by atoms with Crippen LogP contribution < -0.4 is 5.32 Å². The van der Waals surface area contributed by atoms with Crippen molar-refractivity contribution in [2.45, 2.75) is 26.2 Å². The lowest BCUT2D eigenvalue weighted by Gasteiger charge is -2.32. The second-order valence-corrected chi connectivity index (χ2v) is 7.39. The Morgan fingerprint density at radius 3 is 2.64 bits per heavy atom. The van der Waals surface area contributed by atoms with E-state index in [0.29, 0.717) is 5.92 Å². The number of aryl methyl sites for hydroxylation is 1. The SMILES string of the molecule is Cc1cccc(NC(=O)N2CCC(Cc3nncn3-c3ccccc3)CC2)c1. The first-order valence-corrected chi connectivity index (χ1v) is 9.76. The maximum absolute atomic E-state index is 12.5. The fourth-order valence-corrected chi connectivity index (χ4v) is 3.73. The first-order valence-electron chi connectivity index (χ1n) is 9.76. The number of anilines is 1. The summed E-state index contributed by atoms with van der Waals surface area (Å²) in [5, 5.41) is 11.4. The van der Waals surface area contributed by atoms with Crippen LogP contribution in [0.4, 0.5) is 10.5 Å². The highest BCUT2D eigenvalue weighted by atomic mass is 16.2. The van der Waals surface area contributed by atoms with E-state index < -0.39 is 0 Å². The van der Waals surface area contributed by atoms with Crippen LogP contribution in [0, 0.1) is 12.8 Å². The summed E-state index contributed by atoms with van der Waals surface area (Å²) in [5.41, 5.74) is 3.07. The average Bonchev–Trinajstić information content (AvgIpc) is 3.17. The van der Waals surface area contributed by atoms with Crippen LogP contribution in [-0.2, 0) is 6.42 Å². The number of nitrogens with one attached hydrogen (secondary N) is 1. The molecule has 2 amide bonds. The number of hydrogen-bond acceptors (Lipinski definition) is 3. The first-order chi connectivity index (χ1) is 13.7. The molecule has 1 fully saturated rings. The molecule has 2 aromatic carbocycles. The lowest BCUT2D eigenvalue weighted by Crippen LogP contribution is -2.41. The monoisotopic (exact) mass is 375 g/mol. The highest BCUT2D eigenvalue weighted by molar-refractivity contribution is 5.89. The standard InChI is InChI=1S/C22H25N5O/c1-17-6-5-7-19(14-17)24-22(28)26-12-10-18(11-13-26)15-21-25-23-16-27(21)20-8-3-2-4-9-20/h2-9,14,16,18H,10-13,15H2,1H3,(H,24,28). The van der Waals surface area contributed by atoms with Crippen LogP contribution in [0.1, 0.15) is 24.2 Å². The molecule has 0 spiro atoms. The van der Waals surface area contributed by atoms with Crippen LogP contribution in [0.2, 0.25) is 0 Å². The Balaban J connectivity index is 1.33. The lowest BCUT2D eigenvalue weighted by atomic mass is 9.93. The summed E-state index contributed by atoms with van der Waals surface area (Å²) >= 11 is 0. The largest absolute Gasteiger partial charge is 0.325 e. The van der Waals surface area contributed by atoms with Crippen molar-refractivity contribution in [3.63, 3.8) is 0 Å². The quantitative estimate of drug-likeness (QED) is 0.748. The summed E-state index contributed by atoms with van der Waals surface area (Å²) in [6.45, 7) is 3.55. The van der Waals surface area contributed by atoms with Gasteiger partial charge >= 0.3 is 6.03 Å². The van der Waals surface area contributed by atoms with Crippen molar-refractivity contribution in [3.8, 4) is 5.69 Å². The van der Waals surface area contributed by atoms with Gasteiger partial charge in [-0.3, -0.25) is 4.57 Å². The van der Waals surface area contributed by atoms with Crippen LogP contribution >= 0.6 is 0 Å². The van der Waals surface area contributed by atoms with Crippen LogP contribution in [0.3, 0.4) is 0 Å². The van der Waals surface area contributed by atoms with Crippen molar-refractivity contribution < 1.29 is 4.79 Å². The molecule has 0 radical (unpaired) electrons. The number of para-hydroxylation sites is 1. The first kappa shape index (κ1) is 18.2. The highest BCUT2D eigenvalue weighted by Crippen LogP contribution is 2.23. The van der Waals surface area contributed by atoms with E-state index in [9.17, 15) is 4.79 Å². The number of aromatic nitrogens is 3. The molecule has 4 rings (SSSR count). The summed E-state index contributed by atoms with van der Waals surface area (Å²) in [6.07, 6.45) is 4.60. The fraction of sp³-hybridized carbons (Fsp3) is 0.318. The van der Waals surface area contributed by atoms with Crippen molar-refractivity contribution >= 4 is 11.7 Å². The van der Waals surface area contributed by atoms with Gasteiger partial charge in [0, 0.05) is 30.9 Å². The maximum atomic E-state index is 12.5. The molecule has 144 valence electrons. The van der Waals surface area contributed by atoms with Gasteiger partial charge < -0.3 is 10.2 Å². The van der Waals surface area contributed by atoms with Gasteiger partial charge in [-0.05, 0) is 55.5 Å². The van der Waals surface area contributed by atoms with Gasteiger partial charge in [0.05, 0.1) is 0 Å². The van der Waals surface area contributed by atoms with Crippen molar-refractivity contribution in [2.75, 3.05) is 18.4 Å². The smallest absolute Gasteiger partial charge is 0.321 e. The Hall–Kier alpha value is -3.15. The van der Waals surface area contributed by atoms with Crippen LogP contribution in [-0.4, -0.2) is 38.8 Å². The number of urea groups is 1. The van der Waals surface area contributed by atoms with Gasteiger partial charge in [0.2, 0.25) is 0 Å². The second kappa shape index (κ2) is 8.25. The molecule has 0 unspecified atom stereocenters. The molecule has 0 atom stereocenters. The zero-order valence-electron chi connectivity index (χ0n) is 16.1. The van der Waals surface area contributed by atoms with Gasteiger partial charge in [-0.2, -0.15) is 0 Å². The summed E-state index contributed by atoms with van der Waals surface area (Å²) in [6, 6.07) is 18.0. The predicted molar refractivity (Wildman–Crippen MR) is 110 cm³/mol. The number of hydrogen-bond donors (Lipinski definition) is 1. The van der Waals surface area contributed by atoms with Gasteiger partial charge in [0.25, 0.3) is 0 Å². The maximum Gasteiger partial charge on any atom is 0.321 e. The van der Waals surface area contributed by atoms with Gasteiger partial charge in [0.15, 0.2) is 0 Å². The Bertz CT molecular complexity index is 929. The van der Waals surface area contributed by atoms with E-state index in [1.54, 1.807) is 6.33 Å². The molecule has 28 heavy (non-hydrogen) atoms. The highest BCUT2D eigenvalue weighted by Gasteiger charge is 2.24. The van der Waals surface area contributed by atoms with E-state index in [2.05, 4.69) is 32.2 Å². The molecule has 6 nitrogen and oxygen atoms in total. The van der Waals surface area contributed by atoms with E-state index >= 15 is 0 Å². The van der Waals surface area contributed by atoms with Crippen molar-refractivity contribution in [1.82, 2.24) is 19.7 Å². The number of rotatable bonds is 4. The summed E-state index contributed by atoms with van der Waals surface area (Å²) in [7, 11) is 0. The number of piperidine rings is 1. The zero-order valence-corrected chi connectivity index (χ0v) is 16.1. The van der Waals surface area contributed by atoms with Crippen molar-refractivity contribution in [2.24, 2.45) is 5.92 Å². The minimum absolute atomic E-state index is 0.0171. The minimum Gasteiger partial charge on any atom is -0.325 e. The third kappa shape index (κ3) is 4.22. The Kier molecular flexibility index (Phi) is 5.37. The van der Waals surface area contributed by atoms with Crippen molar-refractivity contribution in [3.05, 3.63) is 72.3 Å². The van der Waals surface area contributed by atoms with E-state index in [-0.39, 0.29) is 6.03 Å². The molecular formula is C22H25N5O. The number of amides is 2. The Morgan fingerprint density at radius 2 is 1.89 bits per heavy atom. The average molecular weight is 375 g/mol. The molecule has 0 saturated carbocycles. The van der Waals surface area contributed by atoms with Gasteiger partial charge in [0.1, 0.15) is 12.2 Å². The normalized spacial score (nSPS) is 14.8. The number of benzene rings is 2. The Labute approximate surface area is 165 Å². The van der Waals surface area contributed by atoms with E-state index in [0.717, 1.165) is 55.1 Å². The second-order valence-electron chi connectivity index (χ2n) is 7.39. The minimum atomic E-state index is -0.0171. The predicted octanol–water partition coefficient (Wildman–Crippen LogP) is 4.06. The fourth-order valence-electron chi connectivity index (χ4n) is 3.73. The van der Waals surface area contributed by atoms with Gasteiger partial charge in [-0.25, -0.2) is 4.79 Å². The third-order valence-corrected chi connectivity index (χ3v) is 5.30. The molecule has 1 N–H and O–H groups in total. The number of carbonyl (C=O) groups is 1. The van der Waals surface area contributed by atoms with Crippen LogP contribution in [0.25, 0.3) is 5.69 Å². The number of nitrogens with zero attached hydrogens (tertiary/aromatic N) is 4.